The molecule has 0 saturated carbocycles. The number of para-hydroxylation sites is 1. The van der Waals surface area contributed by atoms with Gasteiger partial charge in [-0.05, 0) is 0 Å². The van der Waals surface area contributed by atoms with Gasteiger partial charge in [-0.25, -0.2) is 0 Å². The molecule has 0 unspecified atom stereocenters. The van der Waals surface area contributed by atoms with Crippen molar-refractivity contribution < 1.29 is 24.0 Å². The van der Waals surface area contributed by atoms with Gasteiger partial charge >= 0.3 is 18.9 Å². The van der Waals surface area contributed by atoms with Gasteiger partial charge < -0.3 is 5.11 Å². The maximum absolute atomic E-state index is 10.3. The van der Waals surface area contributed by atoms with Crippen LogP contribution in [0, 0.1) is 0 Å². The summed E-state index contributed by atoms with van der Waals surface area (Å²) in [6.45, 7) is 0. The predicted molar refractivity (Wildman–Crippen MR) is 25.9 cm³/mol. The van der Waals surface area contributed by atoms with Crippen LogP contribution in [0.1, 0.15) is 0 Å². The summed E-state index contributed by atoms with van der Waals surface area (Å²) in [4.78, 5) is 0. The molecule has 8 heavy (non-hydrogen) atoms. The van der Waals surface area contributed by atoms with Crippen LogP contribution in [-0.4, -0.2) is 0 Å². The maximum atomic E-state index is 10.3. The minimum Gasteiger partial charge on any atom is -0.872 e. The van der Waals surface area contributed by atoms with Crippen LogP contribution in [0.4, 0.5) is 0 Å². The van der Waals surface area contributed by atoms with Crippen LogP contribution in [-0.2, 0) is 0 Å². The summed E-state index contributed by atoms with van der Waals surface area (Å²) < 4.78 is 0. The molecule has 0 atom stereocenters. The van der Waals surface area contributed by atoms with Crippen molar-refractivity contribution in [2.24, 2.45) is 0 Å². The third kappa shape index (κ3) is 2.06. The Labute approximate surface area is 60.5 Å². The Kier molecular flexibility index (Phi) is 3.43. The molecule has 36 valence electrons. The topological polar surface area (TPSA) is 23.1 Å². The molecule has 0 fully saturated rings. The summed E-state index contributed by atoms with van der Waals surface area (Å²) in [5.74, 6) is 0.0718. The van der Waals surface area contributed by atoms with Crippen molar-refractivity contribution in [3.63, 3.8) is 0 Å². The van der Waals surface area contributed by atoms with Gasteiger partial charge in [0.15, 0.2) is 0 Å². The van der Waals surface area contributed by atoms with E-state index in [1.807, 2.05) is 6.07 Å². The average Bonchev–Trinajstić information content (AvgIpc) is 1.69. The second-order valence-corrected chi connectivity index (χ2v) is 1.31. The third-order valence-corrected chi connectivity index (χ3v) is 0.743. The molecule has 1 aromatic rings. The fraction of sp³-hybridized carbons (Fsp3) is 0. The Morgan fingerprint density at radius 3 is 1.75 bits per heavy atom. The first kappa shape index (κ1) is 7.62. The monoisotopic (exact) mass is 100 g/mol. The van der Waals surface area contributed by atoms with Crippen LogP contribution in [0.3, 0.4) is 0 Å². The first-order valence-electron chi connectivity index (χ1n) is 2.11. The second kappa shape index (κ2) is 3.60. The summed E-state index contributed by atoms with van der Waals surface area (Å²) in [5, 5.41) is 10.3. The summed E-state index contributed by atoms with van der Waals surface area (Å²) >= 11 is 0. The van der Waals surface area contributed by atoms with Gasteiger partial charge in [-0.2, -0.15) is 0 Å². The SMILES string of the molecule is [Li+].[O-]c1ccccc1. The van der Waals surface area contributed by atoms with Crippen LogP contribution in [0.2, 0.25) is 0 Å². The zero-order chi connectivity index (χ0) is 5.11. The molecular formula is C6H5LiO. The fourth-order valence-electron chi connectivity index (χ4n) is 0.420. The molecule has 1 rings (SSSR count). The van der Waals surface area contributed by atoms with E-state index in [0.717, 1.165) is 0 Å². The molecule has 0 amide bonds. The van der Waals surface area contributed by atoms with E-state index in [-0.39, 0.29) is 24.6 Å². The minimum atomic E-state index is 0. The van der Waals surface area contributed by atoms with E-state index in [9.17, 15) is 5.11 Å². The minimum absolute atomic E-state index is 0. The van der Waals surface area contributed by atoms with Crippen LogP contribution in [0.25, 0.3) is 0 Å². The maximum Gasteiger partial charge on any atom is 1.00 e. The van der Waals surface area contributed by atoms with E-state index in [4.69, 9.17) is 0 Å². The molecule has 0 aromatic heterocycles. The number of hydrogen-bond donors (Lipinski definition) is 0. The van der Waals surface area contributed by atoms with E-state index >= 15 is 0 Å². The van der Waals surface area contributed by atoms with Crippen molar-refractivity contribution in [3.8, 4) is 5.75 Å². The van der Waals surface area contributed by atoms with Crippen molar-refractivity contribution in [1.29, 1.82) is 0 Å². The summed E-state index contributed by atoms with van der Waals surface area (Å²) in [6, 6.07) is 8.33. The van der Waals surface area contributed by atoms with Crippen molar-refractivity contribution in [3.05, 3.63) is 30.3 Å². The Bertz CT molecular complexity index is 138. The van der Waals surface area contributed by atoms with Gasteiger partial charge in [0.1, 0.15) is 0 Å². The van der Waals surface area contributed by atoms with Gasteiger partial charge in [0, 0.05) is 0 Å². The first-order chi connectivity index (χ1) is 3.39. The van der Waals surface area contributed by atoms with Gasteiger partial charge in [0.2, 0.25) is 0 Å². The molecule has 0 saturated heterocycles. The zero-order valence-electron chi connectivity index (χ0n) is 4.79. The van der Waals surface area contributed by atoms with Crippen LogP contribution in [0.5, 0.6) is 5.75 Å². The van der Waals surface area contributed by atoms with E-state index < -0.39 is 0 Å². The second-order valence-electron chi connectivity index (χ2n) is 1.31. The van der Waals surface area contributed by atoms with Gasteiger partial charge in [-0.15, -0.1) is 5.75 Å². The van der Waals surface area contributed by atoms with Crippen LogP contribution in [0.15, 0.2) is 30.3 Å². The summed E-state index contributed by atoms with van der Waals surface area (Å²) in [6.07, 6.45) is 0. The number of hydrogen-bond acceptors (Lipinski definition) is 1. The molecule has 0 bridgehead atoms. The van der Waals surface area contributed by atoms with Gasteiger partial charge in [0.25, 0.3) is 0 Å². The van der Waals surface area contributed by atoms with E-state index in [0.29, 0.717) is 0 Å². The Balaban J connectivity index is 0.000000490. The molecule has 0 aliphatic rings. The van der Waals surface area contributed by atoms with Crippen LogP contribution >= 0.6 is 0 Å². The van der Waals surface area contributed by atoms with Crippen molar-refractivity contribution in [2.75, 3.05) is 0 Å². The molecule has 0 spiro atoms. The van der Waals surface area contributed by atoms with Crippen molar-refractivity contribution in [1.82, 2.24) is 0 Å². The van der Waals surface area contributed by atoms with Crippen molar-refractivity contribution >= 4 is 0 Å². The predicted octanol–water partition coefficient (Wildman–Crippen LogP) is -2.24. The van der Waals surface area contributed by atoms with Crippen molar-refractivity contribution in [2.45, 2.75) is 0 Å². The molecule has 0 aliphatic carbocycles. The first-order valence-corrected chi connectivity index (χ1v) is 2.11. The molecule has 2 heteroatoms. The van der Waals surface area contributed by atoms with Gasteiger partial charge in [0.05, 0.1) is 0 Å². The Morgan fingerprint density at radius 2 is 1.50 bits per heavy atom. The average molecular weight is 100 g/mol. The zero-order valence-corrected chi connectivity index (χ0v) is 4.79. The van der Waals surface area contributed by atoms with E-state index in [1.165, 1.54) is 12.1 Å². The molecular weight excluding hydrogens is 95.0 g/mol. The molecule has 1 aromatic carbocycles. The van der Waals surface area contributed by atoms with E-state index in [1.54, 1.807) is 12.1 Å². The molecule has 1 nitrogen and oxygen atoms in total. The number of benzene rings is 1. The largest absolute Gasteiger partial charge is 1.00 e. The normalized spacial score (nSPS) is 7.50. The van der Waals surface area contributed by atoms with Gasteiger partial charge in [-0.1, -0.05) is 30.3 Å². The Morgan fingerprint density at radius 1 is 1.00 bits per heavy atom. The molecule has 0 N–H and O–H groups in total. The molecule has 0 heterocycles. The standard InChI is InChI=1S/C6H6O.Li/c7-6-4-2-1-3-5-6;/h1-5,7H;/q;+1/p-1. The third-order valence-electron chi connectivity index (χ3n) is 0.743. The number of rotatable bonds is 0. The summed E-state index contributed by atoms with van der Waals surface area (Å²) in [7, 11) is 0. The fourth-order valence-corrected chi connectivity index (χ4v) is 0.420. The Hall–Kier alpha value is -0.383. The molecule has 0 radical (unpaired) electrons. The quantitative estimate of drug-likeness (QED) is 0.338. The van der Waals surface area contributed by atoms with E-state index in [2.05, 4.69) is 0 Å². The molecule has 0 aliphatic heterocycles. The smallest absolute Gasteiger partial charge is 0.872 e. The van der Waals surface area contributed by atoms with Gasteiger partial charge in [-0.3, -0.25) is 0 Å². The van der Waals surface area contributed by atoms with Crippen LogP contribution < -0.4 is 24.0 Å². The summed E-state index contributed by atoms with van der Waals surface area (Å²) in [5.41, 5.74) is 0.